The van der Waals surface area contributed by atoms with Gasteiger partial charge in [0.2, 0.25) is 5.91 Å². The molecule has 1 atom stereocenters. The highest BCUT2D eigenvalue weighted by molar-refractivity contribution is 9.10. The van der Waals surface area contributed by atoms with E-state index in [0.717, 1.165) is 6.07 Å². The van der Waals surface area contributed by atoms with E-state index in [9.17, 15) is 18.0 Å². The van der Waals surface area contributed by atoms with Gasteiger partial charge in [0, 0.05) is 11.0 Å². The van der Waals surface area contributed by atoms with E-state index in [1.54, 1.807) is 0 Å². The Hall–Kier alpha value is -1.41. The van der Waals surface area contributed by atoms with E-state index >= 15 is 0 Å². The molecular weight excluding hydrogens is 362 g/mol. The summed E-state index contributed by atoms with van der Waals surface area (Å²) in [4.78, 5) is 22.6. The maximum absolute atomic E-state index is 12.4. The van der Waals surface area contributed by atoms with Crippen molar-refractivity contribution >= 4 is 37.6 Å². The summed E-state index contributed by atoms with van der Waals surface area (Å²) in [7, 11) is -3.98. The lowest BCUT2D eigenvalue weighted by molar-refractivity contribution is -0.120. The van der Waals surface area contributed by atoms with Crippen molar-refractivity contribution in [2.24, 2.45) is 0 Å². The van der Waals surface area contributed by atoms with Crippen molar-refractivity contribution in [3.63, 3.8) is 0 Å². The molecule has 0 saturated carbocycles. The van der Waals surface area contributed by atoms with Crippen LogP contribution in [-0.4, -0.2) is 37.2 Å². The smallest absolute Gasteiger partial charge is 0.335 e. The molecule has 116 valence electrons. The van der Waals surface area contributed by atoms with E-state index in [-0.39, 0.29) is 14.9 Å². The number of benzene rings is 1. The van der Waals surface area contributed by atoms with Crippen LogP contribution in [0, 0.1) is 0 Å². The number of hydrogen-bond acceptors (Lipinski definition) is 4. The zero-order valence-corrected chi connectivity index (χ0v) is 14.0. The Morgan fingerprint density at radius 3 is 2.52 bits per heavy atom. The number of carboxylic acid groups (broad SMARTS) is 1. The third kappa shape index (κ3) is 4.04. The molecule has 0 saturated heterocycles. The van der Waals surface area contributed by atoms with Crippen LogP contribution in [0.15, 0.2) is 27.6 Å². The van der Waals surface area contributed by atoms with E-state index in [1.165, 1.54) is 19.1 Å². The minimum Gasteiger partial charge on any atom is -0.478 e. The van der Waals surface area contributed by atoms with Crippen LogP contribution in [0.3, 0.4) is 0 Å². The largest absolute Gasteiger partial charge is 0.478 e. The third-order valence-corrected chi connectivity index (χ3v) is 5.92. The summed E-state index contributed by atoms with van der Waals surface area (Å²) < 4.78 is 25.1. The predicted molar refractivity (Wildman–Crippen MR) is 81.0 cm³/mol. The highest BCUT2D eigenvalue weighted by Gasteiger charge is 2.31. The number of carbonyl (C=O) groups excluding carboxylic acids is 1. The minimum atomic E-state index is -3.98. The van der Waals surface area contributed by atoms with Crippen molar-refractivity contribution in [1.82, 2.24) is 5.32 Å². The predicted octanol–water partition coefficient (Wildman–Crippen LogP) is 1.84. The third-order valence-electron chi connectivity index (χ3n) is 2.87. The molecular formula is C13H16BrNO5S. The van der Waals surface area contributed by atoms with E-state index in [2.05, 4.69) is 21.2 Å². The quantitative estimate of drug-likeness (QED) is 0.787. The van der Waals surface area contributed by atoms with Gasteiger partial charge in [-0.05, 0) is 47.5 Å². The molecule has 6 nitrogen and oxygen atoms in total. The van der Waals surface area contributed by atoms with Crippen molar-refractivity contribution in [3.05, 3.63) is 28.2 Å². The standard InChI is InChI=1S/C13H16BrNO5S/c1-3-6-15-12(16)8(2)21(19,20)11-7-9(13(17)18)4-5-10(11)14/h4-5,7-8H,3,6H2,1-2H3,(H,15,16)(H,17,18). The van der Waals surface area contributed by atoms with Crippen molar-refractivity contribution in [2.75, 3.05) is 6.54 Å². The molecule has 0 heterocycles. The topological polar surface area (TPSA) is 101 Å². The van der Waals surface area contributed by atoms with E-state index in [4.69, 9.17) is 5.11 Å². The minimum absolute atomic E-state index is 0.155. The zero-order chi connectivity index (χ0) is 16.2. The van der Waals surface area contributed by atoms with Crippen LogP contribution in [0.25, 0.3) is 0 Å². The summed E-state index contributed by atoms with van der Waals surface area (Å²) in [6, 6.07) is 3.67. The SMILES string of the molecule is CCCNC(=O)C(C)S(=O)(=O)c1cc(C(=O)O)ccc1Br. The summed E-state index contributed by atoms with van der Waals surface area (Å²) in [5.41, 5.74) is -0.155. The lowest BCUT2D eigenvalue weighted by Crippen LogP contribution is -2.38. The number of rotatable bonds is 6. The first kappa shape index (κ1) is 17.6. The number of aromatic carboxylic acids is 1. The maximum Gasteiger partial charge on any atom is 0.335 e. The van der Waals surface area contributed by atoms with Gasteiger partial charge in [-0.25, -0.2) is 13.2 Å². The van der Waals surface area contributed by atoms with Crippen molar-refractivity contribution in [2.45, 2.75) is 30.4 Å². The number of nitrogens with one attached hydrogen (secondary N) is 1. The van der Waals surface area contributed by atoms with Crippen molar-refractivity contribution in [1.29, 1.82) is 0 Å². The van der Waals surface area contributed by atoms with Crippen LogP contribution in [0.1, 0.15) is 30.6 Å². The molecule has 0 aromatic heterocycles. The van der Waals surface area contributed by atoms with Crippen LogP contribution in [0.4, 0.5) is 0 Å². The van der Waals surface area contributed by atoms with Gasteiger partial charge in [-0.3, -0.25) is 4.79 Å². The molecule has 0 bridgehead atoms. The molecule has 0 radical (unpaired) electrons. The molecule has 2 N–H and O–H groups in total. The van der Waals surface area contributed by atoms with Crippen LogP contribution in [-0.2, 0) is 14.6 Å². The Kier molecular flexibility index (Phi) is 5.91. The summed E-state index contributed by atoms with van der Waals surface area (Å²) >= 11 is 3.08. The highest BCUT2D eigenvalue weighted by Crippen LogP contribution is 2.26. The lowest BCUT2D eigenvalue weighted by atomic mass is 10.2. The molecule has 0 aliphatic heterocycles. The normalized spacial score (nSPS) is 12.7. The second-order valence-corrected chi connectivity index (χ2v) is 7.52. The molecule has 0 aliphatic rings. The Bertz CT molecular complexity index is 657. The van der Waals surface area contributed by atoms with Gasteiger partial charge in [0.1, 0.15) is 5.25 Å². The molecule has 0 spiro atoms. The maximum atomic E-state index is 12.4. The summed E-state index contributed by atoms with van der Waals surface area (Å²) in [5.74, 6) is -1.84. The van der Waals surface area contributed by atoms with Gasteiger partial charge < -0.3 is 10.4 Å². The number of halogens is 1. The average molecular weight is 378 g/mol. The number of carbonyl (C=O) groups is 2. The van der Waals surface area contributed by atoms with E-state index in [1.807, 2.05) is 6.92 Å². The van der Waals surface area contributed by atoms with Gasteiger partial charge >= 0.3 is 5.97 Å². The van der Waals surface area contributed by atoms with Crippen LogP contribution < -0.4 is 5.32 Å². The van der Waals surface area contributed by atoms with Crippen LogP contribution in [0.2, 0.25) is 0 Å². The van der Waals surface area contributed by atoms with E-state index < -0.39 is 27.0 Å². The fourth-order valence-electron chi connectivity index (χ4n) is 1.58. The molecule has 1 aromatic rings. The fraction of sp³-hybridized carbons (Fsp3) is 0.385. The van der Waals surface area contributed by atoms with Gasteiger partial charge in [0.15, 0.2) is 9.84 Å². The fourth-order valence-corrected chi connectivity index (χ4v) is 3.88. The average Bonchev–Trinajstić information content (AvgIpc) is 2.43. The van der Waals surface area contributed by atoms with Crippen LogP contribution in [0.5, 0.6) is 0 Å². The first-order valence-electron chi connectivity index (χ1n) is 6.26. The Labute approximate surface area is 131 Å². The Morgan fingerprint density at radius 2 is 2.00 bits per heavy atom. The molecule has 21 heavy (non-hydrogen) atoms. The highest BCUT2D eigenvalue weighted by atomic mass is 79.9. The molecule has 1 amide bonds. The second-order valence-electron chi connectivity index (χ2n) is 4.43. The summed E-state index contributed by atoms with van der Waals surface area (Å²) in [5, 5.41) is 10.2. The molecule has 0 aliphatic carbocycles. The second kappa shape index (κ2) is 7.04. The molecule has 1 aromatic carbocycles. The summed E-state index contributed by atoms with van der Waals surface area (Å²) in [6.07, 6.45) is 0.691. The first-order valence-corrected chi connectivity index (χ1v) is 8.60. The van der Waals surface area contributed by atoms with Crippen molar-refractivity contribution < 1.29 is 23.1 Å². The molecule has 8 heteroatoms. The van der Waals surface area contributed by atoms with Crippen molar-refractivity contribution in [3.8, 4) is 0 Å². The Morgan fingerprint density at radius 1 is 1.38 bits per heavy atom. The zero-order valence-electron chi connectivity index (χ0n) is 11.6. The van der Waals surface area contributed by atoms with Gasteiger partial charge in [-0.2, -0.15) is 0 Å². The van der Waals surface area contributed by atoms with Gasteiger partial charge in [0.05, 0.1) is 10.5 Å². The molecule has 0 fully saturated rings. The van der Waals surface area contributed by atoms with Gasteiger partial charge in [-0.1, -0.05) is 6.92 Å². The number of sulfone groups is 1. The number of hydrogen-bond donors (Lipinski definition) is 2. The molecule has 1 unspecified atom stereocenters. The molecule has 1 rings (SSSR count). The monoisotopic (exact) mass is 377 g/mol. The Balaban J connectivity index is 3.21. The van der Waals surface area contributed by atoms with Crippen LogP contribution >= 0.6 is 15.9 Å². The summed E-state index contributed by atoms with van der Waals surface area (Å²) in [6.45, 7) is 3.52. The van der Waals surface area contributed by atoms with E-state index in [0.29, 0.717) is 13.0 Å². The number of amides is 1. The van der Waals surface area contributed by atoms with Gasteiger partial charge in [-0.15, -0.1) is 0 Å². The number of carboxylic acids is 1. The first-order chi connectivity index (χ1) is 9.71. The lowest BCUT2D eigenvalue weighted by Gasteiger charge is -2.14. The van der Waals surface area contributed by atoms with Gasteiger partial charge in [0.25, 0.3) is 0 Å².